The van der Waals surface area contributed by atoms with Crippen LogP contribution in [0, 0.1) is 5.41 Å². The monoisotopic (exact) mass is 312 g/mol. The largest absolute Gasteiger partial charge is 0.416 e. The molecule has 3 rings (SSSR count). The molecule has 0 aliphatic carbocycles. The van der Waals surface area contributed by atoms with Gasteiger partial charge in [0.1, 0.15) is 0 Å². The highest BCUT2D eigenvalue weighted by atomic mass is 19.4. The molecule has 2 aliphatic heterocycles. The van der Waals surface area contributed by atoms with E-state index < -0.39 is 11.7 Å². The summed E-state index contributed by atoms with van der Waals surface area (Å²) in [6.07, 6.45) is -1.40. The van der Waals surface area contributed by atoms with E-state index in [9.17, 15) is 18.0 Å². The standard InChI is InChI=1S/C16H19F3N2O/c17-16(18,19)14-3-1-2-13(8-14)9-20-6-4-15(10-20)5-7-21(11-15)12-22/h1-3,8,12H,4-7,9-11H2. The fourth-order valence-corrected chi connectivity index (χ4v) is 3.66. The Hall–Kier alpha value is -1.56. The van der Waals surface area contributed by atoms with Crippen molar-refractivity contribution >= 4 is 6.41 Å². The number of hydrogen-bond donors (Lipinski definition) is 0. The number of carbonyl (C=O) groups excluding carboxylic acids is 1. The van der Waals surface area contributed by atoms with Crippen LogP contribution in [0.3, 0.4) is 0 Å². The number of rotatable bonds is 3. The highest BCUT2D eigenvalue weighted by Crippen LogP contribution is 2.39. The lowest BCUT2D eigenvalue weighted by molar-refractivity contribution is -0.137. The number of amides is 1. The summed E-state index contributed by atoms with van der Waals surface area (Å²) in [6, 6.07) is 5.55. The first-order valence-electron chi connectivity index (χ1n) is 7.48. The molecule has 3 nitrogen and oxygen atoms in total. The van der Waals surface area contributed by atoms with E-state index in [2.05, 4.69) is 4.90 Å². The van der Waals surface area contributed by atoms with Gasteiger partial charge in [-0.3, -0.25) is 9.69 Å². The minimum absolute atomic E-state index is 0.141. The number of carbonyl (C=O) groups is 1. The number of benzene rings is 1. The zero-order valence-electron chi connectivity index (χ0n) is 12.3. The van der Waals surface area contributed by atoms with Gasteiger partial charge >= 0.3 is 6.18 Å². The summed E-state index contributed by atoms with van der Waals surface area (Å²) in [5.41, 5.74) is 0.242. The van der Waals surface area contributed by atoms with Crippen LogP contribution >= 0.6 is 0 Å². The average Bonchev–Trinajstić information content (AvgIpc) is 3.06. The van der Waals surface area contributed by atoms with Crippen molar-refractivity contribution in [2.24, 2.45) is 5.41 Å². The second-order valence-corrected chi connectivity index (χ2v) is 6.48. The van der Waals surface area contributed by atoms with Crippen LogP contribution in [0.15, 0.2) is 24.3 Å². The van der Waals surface area contributed by atoms with Gasteiger partial charge in [0, 0.05) is 31.6 Å². The Balaban J connectivity index is 1.65. The van der Waals surface area contributed by atoms with Crippen LogP contribution in [0.2, 0.25) is 0 Å². The van der Waals surface area contributed by atoms with Gasteiger partial charge in [0.2, 0.25) is 6.41 Å². The van der Waals surface area contributed by atoms with Gasteiger partial charge in [-0.1, -0.05) is 18.2 Å². The first kappa shape index (κ1) is 15.3. The summed E-state index contributed by atoms with van der Waals surface area (Å²) in [5, 5.41) is 0. The van der Waals surface area contributed by atoms with Crippen molar-refractivity contribution in [1.82, 2.24) is 9.80 Å². The fourth-order valence-electron chi connectivity index (χ4n) is 3.66. The maximum Gasteiger partial charge on any atom is 0.416 e. The predicted molar refractivity (Wildman–Crippen MR) is 76.0 cm³/mol. The minimum Gasteiger partial charge on any atom is -0.345 e. The molecule has 0 bridgehead atoms. The lowest BCUT2D eigenvalue weighted by Gasteiger charge is -2.23. The summed E-state index contributed by atoms with van der Waals surface area (Å²) < 4.78 is 38.3. The fraction of sp³-hybridized carbons (Fsp3) is 0.562. The van der Waals surface area contributed by atoms with Crippen molar-refractivity contribution in [3.63, 3.8) is 0 Å². The van der Waals surface area contributed by atoms with Gasteiger partial charge in [0.25, 0.3) is 0 Å². The molecule has 1 amide bonds. The number of halogens is 3. The summed E-state index contributed by atoms with van der Waals surface area (Å²) in [5.74, 6) is 0. The topological polar surface area (TPSA) is 23.6 Å². The van der Waals surface area contributed by atoms with Crippen molar-refractivity contribution < 1.29 is 18.0 Å². The van der Waals surface area contributed by atoms with Gasteiger partial charge in [-0.2, -0.15) is 13.2 Å². The predicted octanol–water partition coefficient (Wildman–Crippen LogP) is 2.76. The molecular formula is C16H19F3N2O. The van der Waals surface area contributed by atoms with Crippen molar-refractivity contribution in [3.05, 3.63) is 35.4 Å². The molecule has 1 spiro atoms. The zero-order valence-corrected chi connectivity index (χ0v) is 12.3. The van der Waals surface area contributed by atoms with E-state index >= 15 is 0 Å². The molecule has 120 valence electrons. The van der Waals surface area contributed by atoms with Crippen LogP contribution < -0.4 is 0 Å². The Morgan fingerprint density at radius 2 is 1.95 bits per heavy atom. The van der Waals surface area contributed by atoms with Crippen molar-refractivity contribution in [2.75, 3.05) is 26.2 Å². The quantitative estimate of drug-likeness (QED) is 0.801. The molecule has 0 radical (unpaired) electrons. The molecule has 2 saturated heterocycles. The van der Waals surface area contributed by atoms with Gasteiger partial charge in [0.05, 0.1) is 5.56 Å². The third kappa shape index (κ3) is 3.11. The van der Waals surface area contributed by atoms with E-state index in [1.807, 2.05) is 0 Å². The summed E-state index contributed by atoms with van der Waals surface area (Å²) in [7, 11) is 0. The number of likely N-dealkylation sites (tertiary alicyclic amines) is 2. The molecule has 2 heterocycles. The maximum absolute atomic E-state index is 12.8. The van der Waals surface area contributed by atoms with Crippen LogP contribution in [0.1, 0.15) is 24.0 Å². The number of nitrogens with zero attached hydrogens (tertiary/aromatic N) is 2. The van der Waals surface area contributed by atoms with E-state index in [0.717, 1.165) is 51.5 Å². The Labute approximate surface area is 127 Å². The average molecular weight is 312 g/mol. The Morgan fingerprint density at radius 3 is 2.64 bits per heavy atom. The van der Waals surface area contributed by atoms with E-state index in [1.54, 1.807) is 11.0 Å². The zero-order chi connectivity index (χ0) is 15.8. The summed E-state index contributed by atoms with van der Waals surface area (Å²) in [4.78, 5) is 14.9. The smallest absolute Gasteiger partial charge is 0.345 e. The second kappa shape index (κ2) is 5.57. The molecule has 0 saturated carbocycles. The lowest BCUT2D eigenvalue weighted by Crippen LogP contribution is -2.30. The molecule has 2 fully saturated rings. The molecule has 0 N–H and O–H groups in total. The maximum atomic E-state index is 12.8. The van der Waals surface area contributed by atoms with E-state index in [4.69, 9.17) is 0 Å². The molecule has 1 unspecified atom stereocenters. The van der Waals surface area contributed by atoms with Crippen LogP contribution in [-0.4, -0.2) is 42.4 Å². The van der Waals surface area contributed by atoms with Crippen molar-refractivity contribution in [1.29, 1.82) is 0 Å². The van der Waals surface area contributed by atoms with Crippen molar-refractivity contribution in [3.8, 4) is 0 Å². The summed E-state index contributed by atoms with van der Waals surface area (Å²) in [6.45, 7) is 3.83. The van der Waals surface area contributed by atoms with Crippen LogP contribution in [0.25, 0.3) is 0 Å². The Bertz CT molecular complexity index is 561. The molecule has 2 aliphatic rings. The minimum atomic E-state index is -4.29. The third-order valence-corrected chi connectivity index (χ3v) is 4.79. The first-order valence-corrected chi connectivity index (χ1v) is 7.48. The summed E-state index contributed by atoms with van der Waals surface area (Å²) >= 11 is 0. The van der Waals surface area contributed by atoms with Crippen LogP contribution in [0.4, 0.5) is 13.2 Å². The van der Waals surface area contributed by atoms with Crippen LogP contribution in [0.5, 0.6) is 0 Å². The van der Waals surface area contributed by atoms with Gasteiger partial charge in [-0.15, -0.1) is 0 Å². The van der Waals surface area contributed by atoms with Gasteiger partial charge < -0.3 is 4.90 Å². The normalized spacial score (nSPS) is 26.0. The molecule has 1 atom stereocenters. The molecular weight excluding hydrogens is 293 g/mol. The van der Waals surface area contributed by atoms with Crippen LogP contribution in [-0.2, 0) is 17.5 Å². The van der Waals surface area contributed by atoms with Gasteiger partial charge in [0.15, 0.2) is 0 Å². The molecule has 22 heavy (non-hydrogen) atoms. The van der Waals surface area contributed by atoms with E-state index in [1.165, 1.54) is 12.1 Å². The highest BCUT2D eigenvalue weighted by Gasteiger charge is 2.43. The van der Waals surface area contributed by atoms with Gasteiger partial charge in [-0.25, -0.2) is 0 Å². The van der Waals surface area contributed by atoms with E-state index in [0.29, 0.717) is 12.1 Å². The van der Waals surface area contributed by atoms with Gasteiger partial charge in [-0.05, 0) is 31.0 Å². The molecule has 0 aromatic heterocycles. The molecule has 6 heteroatoms. The Morgan fingerprint density at radius 1 is 1.18 bits per heavy atom. The number of hydrogen-bond acceptors (Lipinski definition) is 2. The van der Waals surface area contributed by atoms with E-state index in [-0.39, 0.29) is 5.41 Å². The third-order valence-electron chi connectivity index (χ3n) is 4.79. The van der Waals surface area contributed by atoms with Crippen molar-refractivity contribution in [2.45, 2.75) is 25.6 Å². The number of alkyl halides is 3. The molecule has 1 aromatic rings. The second-order valence-electron chi connectivity index (χ2n) is 6.48. The molecule has 1 aromatic carbocycles. The SMILES string of the molecule is O=CN1CCC2(CCN(Cc3cccc(C(F)(F)F)c3)C2)C1. The lowest BCUT2D eigenvalue weighted by atomic mass is 9.86. The first-order chi connectivity index (χ1) is 10.4. The highest BCUT2D eigenvalue weighted by molar-refractivity contribution is 5.48. The Kier molecular flexibility index (Phi) is 3.89.